The van der Waals surface area contributed by atoms with E-state index >= 15 is 0 Å². The van der Waals surface area contributed by atoms with Gasteiger partial charge in [0.05, 0.1) is 22.4 Å². The van der Waals surface area contributed by atoms with Crippen LogP contribution in [-0.2, 0) is 0 Å². The van der Waals surface area contributed by atoms with E-state index in [1.54, 1.807) is 0 Å². The quantitative estimate of drug-likeness (QED) is 0.190. The molecule has 0 fully saturated rings. The Bertz CT molecular complexity index is 2790. The van der Waals surface area contributed by atoms with Gasteiger partial charge in [0.2, 0.25) is 0 Å². The molecule has 10 rings (SSSR count). The van der Waals surface area contributed by atoms with Gasteiger partial charge in [-0.3, -0.25) is 0 Å². The summed E-state index contributed by atoms with van der Waals surface area (Å²) in [5.74, 6) is 0. The van der Waals surface area contributed by atoms with Crippen molar-refractivity contribution in [2.75, 3.05) is 4.90 Å². The Labute approximate surface area is 283 Å². The third-order valence-corrected chi connectivity index (χ3v) is 9.76. The van der Waals surface area contributed by atoms with Crippen LogP contribution in [0.25, 0.3) is 71.3 Å². The molecule has 0 saturated heterocycles. The van der Waals surface area contributed by atoms with Crippen molar-refractivity contribution >= 4 is 71.6 Å². The smallest absolute Gasteiger partial charge is 0.143 e. The largest absolute Gasteiger partial charge is 0.455 e. The number of anilines is 3. The first-order chi connectivity index (χ1) is 24.3. The number of fused-ring (bicyclic) bond motifs is 8. The summed E-state index contributed by atoms with van der Waals surface area (Å²) in [5.41, 5.74) is 10.9. The van der Waals surface area contributed by atoms with E-state index in [1.807, 2.05) is 0 Å². The molecule has 0 aliphatic carbocycles. The lowest BCUT2D eigenvalue weighted by atomic mass is 9.97. The number of furan rings is 1. The lowest BCUT2D eigenvalue weighted by molar-refractivity contribution is 0.673. The summed E-state index contributed by atoms with van der Waals surface area (Å²) < 4.78 is 8.96. The van der Waals surface area contributed by atoms with Crippen LogP contribution < -0.4 is 4.90 Å². The number of hydrogen-bond acceptors (Lipinski definition) is 2. The Morgan fingerprint density at radius 1 is 0.449 bits per heavy atom. The van der Waals surface area contributed by atoms with Gasteiger partial charge in [0.25, 0.3) is 0 Å². The summed E-state index contributed by atoms with van der Waals surface area (Å²) in [6.07, 6.45) is 0. The fourth-order valence-electron chi connectivity index (χ4n) is 7.64. The molecule has 0 bridgehead atoms. The highest BCUT2D eigenvalue weighted by molar-refractivity contribution is 6.19. The second-order valence-electron chi connectivity index (χ2n) is 12.5. The maximum atomic E-state index is 6.56. The van der Waals surface area contributed by atoms with Crippen LogP contribution in [0.15, 0.2) is 186 Å². The lowest BCUT2D eigenvalue weighted by Crippen LogP contribution is -2.13. The van der Waals surface area contributed by atoms with Crippen molar-refractivity contribution in [1.29, 1.82) is 0 Å². The molecule has 0 aliphatic heterocycles. The molecule has 49 heavy (non-hydrogen) atoms. The van der Waals surface area contributed by atoms with Gasteiger partial charge in [-0.05, 0) is 77.2 Å². The fraction of sp³-hybridized carbons (Fsp3) is 0. The predicted molar refractivity (Wildman–Crippen MR) is 206 cm³/mol. The van der Waals surface area contributed by atoms with E-state index in [0.717, 1.165) is 61.2 Å². The highest BCUT2D eigenvalue weighted by Gasteiger charge is 2.21. The zero-order valence-corrected chi connectivity index (χ0v) is 26.6. The van der Waals surface area contributed by atoms with Crippen LogP contribution in [0.3, 0.4) is 0 Å². The number of benzene rings is 8. The molecule has 0 atom stereocenters. The minimum absolute atomic E-state index is 0.894. The highest BCUT2D eigenvalue weighted by atomic mass is 16.3. The molecule has 0 N–H and O–H groups in total. The van der Waals surface area contributed by atoms with Crippen LogP contribution in [-0.4, -0.2) is 4.57 Å². The maximum Gasteiger partial charge on any atom is 0.143 e. The zero-order chi connectivity index (χ0) is 32.3. The summed E-state index contributed by atoms with van der Waals surface area (Å²) in [5, 5.41) is 7.07. The summed E-state index contributed by atoms with van der Waals surface area (Å²) in [6.45, 7) is 0. The number of rotatable bonds is 5. The van der Waals surface area contributed by atoms with E-state index in [2.05, 4.69) is 191 Å². The molecule has 0 unspecified atom stereocenters. The molecular formula is C46H30N2O. The minimum atomic E-state index is 0.894. The van der Waals surface area contributed by atoms with Crippen LogP contribution in [0.5, 0.6) is 0 Å². The number of para-hydroxylation sites is 5. The van der Waals surface area contributed by atoms with E-state index < -0.39 is 0 Å². The van der Waals surface area contributed by atoms with Gasteiger partial charge in [0.1, 0.15) is 11.2 Å². The third-order valence-electron chi connectivity index (χ3n) is 9.76. The van der Waals surface area contributed by atoms with Crippen molar-refractivity contribution in [3.63, 3.8) is 0 Å². The fourth-order valence-corrected chi connectivity index (χ4v) is 7.64. The maximum absolute atomic E-state index is 6.56. The Kier molecular flexibility index (Phi) is 6.18. The molecule has 0 amide bonds. The second kappa shape index (κ2) is 11.0. The minimum Gasteiger partial charge on any atom is -0.455 e. The van der Waals surface area contributed by atoms with Crippen LogP contribution >= 0.6 is 0 Å². The van der Waals surface area contributed by atoms with Gasteiger partial charge in [0.15, 0.2) is 0 Å². The van der Waals surface area contributed by atoms with Gasteiger partial charge in [-0.25, -0.2) is 0 Å². The molecule has 2 aromatic heterocycles. The summed E-state index contributed by atoms with van der Waals surface area (Å²) in [7, 11) is 0. The molecule has 0 radical (unpaired) electrons. The molecule has 230 valence electrons. The van der Waals surface area contributed by atoms with E-state index in [4.69, 9.17) is 4.42 Å². The molecule has 2 heterocycles. The summed E-state index contributed by atoms with van der Waals surface area (Å²) in [6, 6.07) is 64.9. The van der Waals surface area contributed by atoms with Crippen molar-refractivity contribution in [3.05, 3.63) is 182 Å². The second-order valence-corrected chi connectivity index (χ2v) is 12.5. The van der Waals surface area contributed by atoms with Crippen LogP contribution in [0.4, 0.5) is 17.1 Å². The van der Waals surface area contributed by atoms with Gasteiger partial charge in [-0.2, -0.15) is 0 Å². The average molecular weight is 627 g/mol. The Morgan fingerprint density at radius 2 is 1.10 bits per heavy atom. The average Bonchev–Trinajstić information content (AvgIpc) is 3.72. The van der Waals surface area contributed by atoms with Gasteiger partial charge in [-0.15, -0.1) is 0 Å². The SMILES string of the molecule is c1ccc(N(c2cccc(-c3cccc4oc5c6ccccc6ccc5c34)c2)c2ccccc2-n2c3ccccc3c3ccccc32)cc1. The first-order valence-corrected chi connectivity index (χ1v) is 16.7. The van der Waals surface area contributed by atoms with Gasteiger partial charge in [-0.1, -0.05) is 121 Å². The first kappa shape index (κ1) is 27.5. The van der Waals surface area contributed by atoms with Crippen LogP contribution in [0.1, 0.15) is 0 Å². The lowest BCUT2D eigenvalue weighted by Gasteiger charge is -2.28. The van der Waals surface area contributed by atoms with Crippen molar-refractivity contribution in [3.8, 4) is 16.8 Å². The van der Waals surface area contributed by atoms with E-state index in [-0.39, 0.29) is 0 Å². The molecule has 0 saturated carbocycles. The van der Waals surface area contributed by atoms with Crippen LogP contribution in [0.2, 0.25) is 0 Å². The van der Waals surface area contributed by atoms with Crippen molar-refractivity contribution in [2.45, 2.75) is 0 Å². The zero-order valence-electron chi connectivity index (χ0n) is 26.6. The third kappa shape index (κ3) is 4.29. The normalized spacial score (nSPS) is 11.7. The molecule has 3 nitrogen and oxygen atoms in total. The monoisotopic (exact) mass is 626 g/mol. The molecule has 8 aromatic carbocycles. The Hall–Kier alpha value is -6.58. The van der Waals surface area contributed by atoms with E-state index in [1.165, 1.54) is 27.2 Å². The molecule has 10 aromatic rings. The topological polar surface area (TPSA) is 21.3 Å². The van der Waals surface area contributed by atoms with E-state index in [9.17, 15) is 0 Å². The molecular weight excluding hydrogens is 597 g/mol. The predicted octanol–water partition coefficient (Wildman–Crippen LogP) is 13.0. The summed E-state index contributed by atoms with van der Waals surface area (Å²) >= 11 is 0. The molecule has 3 heteroatoms. The summed E-state index contributed by atoms with van der Waals surface area (Å²) in [4.78, 5) is 2.38. The van der Waals surface area contributed by atoms with Gasteiger partial charge < -0.3 is 13.9 Å². The number of hydrogen-bond donors (Lipinski definition) is 0. The van der Waals surface area contributed by atoms with Crippen molar-refractivity contribution < 1.29 is 4.42 Å². The molecule has 0 spiro atoms. The van der Waals surface area contributed by atoms with Gasteiger partial charge in [0, 0.05) is 38.3 Å². The standard InChI is InChI=1S/C46H30N2O/c1-2-16-33(17-3-1)47(42-25-10-11-26-43(42)48-40-23-8-6-20-37(40)38-21-7-9-24-41(38)48)34-18-12-15-32(30-34)35-22-13-27-44-45(35)39-29-28-31-14-4-5-19-36(31)46(39)49-44/h1-30H. The van der Waals surface area contributed by atoms with Crippen LogP contribution in [0, 0.1) is 0 Å². The highest BCUT2D eigenvalue weighted by Crippen LogP contribution is 2.44. The van der Waals surface area contributed by atoms with Gasteiger partial charge >= 0.3 is 0 Å². The Balaban J connectivity index is 1.20. The van der Waals surface area contributed by atoms with Crippen molar-refractivity contribution in [2.24, 2.45) is 0 Å². The first-order valence-electron chi connectivity index (χ1n) is 16.7. The Morgan fingerprint density at radius 3 is 1.92 bits per heavy atom. The number of aromatic nitrogens is 1. The number of nitrogens with zero attached hydrogens (tertiary/aromatic N) is 2. The van der Waals surface area contributed by atoms with Crippen molar-refractivity contribution in [1.82, 2.24) is 4.57 Å². The molecule has 0 aliphatic rings. The van der Waals surface area contributed by atoms with E-state index in [0.29, 0.717) is 0 Å².